The number of aliphatic imine (C=N–C) groups is 1. The first-order valence-electron chi connectivity index (χ1n) is 9.06. The van der Waals surface area contributed by atoms with Crippen molar-refractivity contribution >= 4 is 40.0 Å². The Morgan fingerprint density at radius 3 is 2.21 bits per heavy atom. The zero-order valence-electron chi connectivity index (χ0n) is 16.7. The maximum atomic E-state index is 12.7. The van der Waals surface area contributed by atoms with Crippen LogP contribution in [0.5, 0.6) is 0 Å². The molecule has 0 bridgehead atoms. The molecular formula is C18H28F3IN4O2S. The van der Waals surface area contributed by atoms with Crippen LogP contribution in [0, 0.1) is 0 Å². The summed E-state index contributed by atoms with van der Waals surface area (Å²) in [6, 6.07) is 9.87. The summed E-state index contributed by atoms with van der Waals surface area (Å²) in [5, 5.41) is 6.42. The first-order valence-corrected chi connectivity index (χ1v) is 10.5. The fourth-order valence-electron chi connectivity index (χ4n) is 3.07. The quantitative estimate of drug-likeness (QED) is 0.337. The van der Waals surface area contributed by atoms with E-state index in [0.29, 0.717) is 16.8 Å². The van der Waals surface area contributed by atoms with Gasteiger partial charge in [-0.05, 0) is 18.4 Å². The molecule has 166 valence electrons. The highest BCUT2D eigenvalue weighted by atomic mass is 127. The number of guanidine groups is 1. The van der Waals surface area contributed by atoms with Crippen LogP contribution in [-0.4, -0.2) is 56.9 Å². The minimum Gasteiger partial charge on any atom is -0.356 e. The number of hydrogen-bond donors (Lipinski definition) is 2. The number of benzene rings is 1. The maximum absolute atomic E-state index is 12.7. The SMILES string of the molecule is CN=C(NCC(C)(C)c1ccccc1)NC1CCN(S(=O)(=O)C(F)(F)F)CC1.I. The predicted molar refractivity (Wildman–Crippen MR) is 119 cm³/mol. The molecule has 29 heavy (non-hydrogen) atoms. The summed E-state index contributed by atoms with van der Waals surface area (Å²) in [5.41, 5.74) is -4.24. The molecule has 6 nitrogen and oxygen atoms in total. The van der Waals surface area contributed by atoms with Gasteiger partial charge in [-0.1, -0.05) is 44.2 Å². The van der Waals surface area contributed by atoms with Gasteiger partial charge in [-0.3, -0.25) is 4.99 Å². The fraction of sp³-hybridized carbons (Fsp3) is 0.611. The number of halogens is 4. The Balaban J connectivity index is 0.00000420. The van der Waals surface area contributed by atoms with Crippen LogP contribution in [0.3, 0.4) is 0 Å². The second kappa shape index (κ2) is 10.3. The molecule has 1 saturated heterocycles. The summed E-state index contributed by atoms with van der Waals surface area (Å²) in [5.74, 6) is 0.543. The second-order valence-electron chi connectivity index (χ2n) is 7.44. The van der Waals surface area contributed by atoms with E-state index in [-0.39, 0.29) is 61.4 Å². The van der Waals surface area contributed by atoms with Crippen LogP contribution >= 0.6 is 24.0 Å². The Hall–Kier alpha value is -1.08. The topological polar surface area (TPSA) is 73.8 Å². The van der Waals surface area contributed by atoms with Crippen molar-refractivity contribution in [3.8, 4) is 0 Å². The third kappa shape index (κ3) is 6.71. The van der Waals surface area contributed by atoms with Crippen LogP contribution in [0.15, 0.2) is 35.3 Å². The number of hydrogen-bond acceptors (Lipinski definition) is 3. The average molecular weight is 548 g/mol. The van der Waals surface area contributed by atoms with E-state index in [2.05, 4.69) is 41.6 Å². The van der Waals surface area contributed by atoms with Gasteiger partial charge in [-0.2, -0.15) is 17.5 Å². The molecule has 0 radical (unpaired) electrons. The Labute approximate surface area is 187 Å². The number of sulfonamides is 1. The third-order valence-electron chi connectivity index (χ3n) is 4.90. The lowest BCUT2D eigenvalue weighted by atomic mass is 9.85. The zero-order chi connectivity index (χ0) is 21.0. The van der Waals surface area contributed by atoms with Gasteiger partial charge in [-0.25, -0.2) is 8.42 Å². The van der Waals surface area contributed by atoms with Crippen molar-refractivity contribution in [2.24, 2.45) is 4.99 Å². The molecule has 2 N–H and O–H groups in total. The van der Waals surface area contributed by atoms with Gasteiger partial charge in [0.1, 0.15) is 0 Å². The van der Waals surface area contributed by atoms with E-state index in [9.17, 15) is 21.6 Å². The van der Waals surface area contributed by atoms with Crippen LogP contribution in [0.25, 0.3) is 0 Å². The molecule has 0 saturated carbocycles. The molecule has 0 spiro atoms. The highest BCUT2D eigenvalue weighted by molar-refractivity contribution is 14.0. The van der Waals surface area contributed by atoms with Crippen LogP contribution in [0.2, 0.25) is 0 Å². The van der Waals surface area contributed by atoms with E-state index in [1.54, 1.807) is 7.05 Å². The van der Waals surface area contributed by atoms with E-state index >= 15 is 0 Å². The van der Waals surface area contributed by atoms with Gasteiger partial charge in [0.05, 0.1) is 0 Å². The molecular weight excluding hydrogens is 520 g/mol. The van der Waals surface area contributed by atoms with Gasteiger partial charge in [0.15, 0.2) is 5.96 Å². The van der Waals surface area contributed by atoms with Crippen molar-refractivity contribution in [3.63, 3.8) is 0 Å². The summed E-state index contributed by atoms with van der Waals surface area (Å²) < 4.78 is 61.4. The third-order valence-corrected chi connectivity index (χ3v) is 6.53. The molecule has 0 unspecified atom stereocenters. The molecule has 1 heterocycles. The fourth-order valence-corrected chi connectivity index (χ4v) is 4.06. The molecule has 0 atom stereocenters. The van der Waals surface area contributed by atoms with Gasteiger partial charge in [0.25, 0.3) is 0 Å². The summed E-state index contributed by atoms with van der Waals surface area (Å²) in [6.45, 7) is 4.46. The first-order chi connectivity index (χ1) is 13.0. The van der Waals surface area contributed by atoms with Crippen LogP contribution in [0.4, 0.5) is 13.2 Å². The Morgan fingerprint density at radius 1 is 1.17 bits per heavy atom. The molecule has 1 aromatic carbocycles. The van der Waals surface area contributed by atoms with Crippen molar-refractivity contribution < 1.29 is 21.6 Å². The number of piperidine rings is 1. The largest absolute Gasteiger partial charge is 0.511 e. The molecule has 1 fully saturated rings. The molecule has 0 aromatic heterocycles. The molecule has 1 aliphatic heterocycles. The van der Waals surface area contributed by atoms with Crippen molar-refractivity contribution in [2.45, 2.75) is 43.7 Å². The summed E-state index contributed by atoms with van der Waals surface area (Å²) in [4.78, 5) is 4.17. The smallest absolute Gasteiger partial charge is 0.356 e. The number of alkyl halides is 3. The summed E-state index contributed by atoms with van der Waals surface area (Å²) in [6.07, 6.45) is 0.552. The van der Waals surface area contributed by atoms with Crippen LogP contribution < -0.4 is 10.6 Å². The van der Waals surface area contributed by atoms with Crippen molar-refractivity contribution in [1.29, 1.82) is 0 Å². The maximum Gasteiger partial charge on any atom is 0.511 e. The van der Waals surface area contributed by atoms with Gasteiger partial charge >= 0.3 is 15.5 Å². The Bertz CT molecular complexity index is 778. The molecule has 1 aromatic rings. The molecule has 11 heteroatoms. The average Bonchev–Trinajstić information content (AvgIpc) is 2.65. The zero-order valence-corrected chi connectivity index (χ0v) is 19.8. The highest BCUT2D eigenvalue weighted by Crippen LogP contribution is 2.29. The predicted octanol–water partition coefficient (Wildman–Crippen LogP) is 3.06. The Kier molecular flexibility index (Phi) is 9.21. The lowest BCUT2D eigenvalue weighted by Crippen LogP contribution is -2.52. The summed E-state index contributed by atoms with van der Waals surface area (Å²) in [7, 11) is -3.64. The van der Waals surface area contributed by atoms with E-state index in [0.717, 1.165) is 0 Å². The lowest BCUT2D eigenvalue weighted by molar-refractivity contribution is -0.0494. The lowest BCUT2D eigenvalue weighted by Gasteiger charge is -2.33. The van der Waals surface area contributed by atoms with Crippen molar-refractivity contribution in [2.75, 3.05) is 26.7 Å². The van der Waals surface area contributed by atoms with E-state index in [4.69, 9.17) is 0 Å². The number of nitrogens with zero attached hydrogens (tertiary/aromatic N) is 2. The van der Waals surface area contributed by atoms with Crippen LogP contribution in [0.1, 0.15) is 32.3 Å². The normalized spacial score (nSPS) is 17.5. The molecule has 0 amide bonds. The highest BCUT2D eigenvalue weighted by Gasteiger charge is 2.50. The van der Waals surface area contributed by atoms with Crippen LogP contribution in [-0.2, 0) is 15.4 Å². The second-order valence-corrected chi connectivity index (χ2v) is 9.37. The molecule has 1 aliphatic rings. The van der Waals surface area contributed by atoms with Gasteiger partial charge in [0, 0.05) is 38.1 Å². The van der Waals surface area contributed by atoms with Gasteiger partial charge < -0.3 is 10.6 Å². The molecule has 0 aliphatic carbocycles. The number of nitrogens with one attached hydrogen (secondary N) is 2. The van der Waals surface area contributed by atoms with E-state index in [1.165, 1.54) is 5.56 Å². The molecule has 2 rings (SSSR count). The minimum atomic E-state index is -5.26. The van der Waals surface area contributed by atoms with Crippen molar-refractivity contribution in [3.05, 3.63) is 35.9 Å². The van der Waals surface area contributed by atoms with E-state index < -0.39 is 15.5 Å². The standard InChI is InChI=1S/C18H27F3N4O2S.HI/c1-17(2,14-7-5-4-6-8-14)13-23-16(22-3)24-15-9-11-25(12-10-15)28(26,27)18(19,20)21;/h4-8,15H,9-13H2,1-3H3,(H2,22,23,24);1H. The van der Waals surface area contributed by atoms with E-state index in [1.807, 2.05) is 18.2 Å². The minimum absolute atomic E-state index is 0. The van der Waals surface area contributed by atoms with Crippen molar-refractivity contribution in [1.82, 2.24) is 14.9 Å². The first kappa shape index (κ1) is 26.0. The van der Waals surface area contributed by atoms with Gasteiger partial charge in [-0.15, -0.1) is 24.0 Å². The monoisotopic (exact) mass is 548 g/mol. The summed E-state index contributed by atoms with van der Waals surface area (Å²) >= 11 is 0. The Morgan fingerprint density at radius 2 is 1.72 bits per heavy atom. The van der Waals surface area contributed by atoms with Gasteiger partial charge in [0.2, 0.25) is 0 Å². The number of rotatable bonds is 5.